The Bertz CT molecular complexity index is 160. The molecule has 4 nitrogen and oxygen atoms in total. The van der Waals surface area contributed by atoms with Crippen LogP contribution >= 0.6 is 12.6 Å². The number of ether oxygens (including phenoxy) is 1. The van der Waals surface area contributed by atoms with E-state index in [1.807, 2.05) is 0 Å². The molecule has 0 spiro atoms. The van der Waals surface area contributed by atoms with E-state index in [0.717, 1.165) is 26.2 Å². The summed E-state index contributed by atoms with van der Waals surface area (Å²) in [5, 5.41) is 0.0406. The third kappa shape index (κ3) is 3.54. The third-order valence-electron chi connectivity index (χ3n) is 2.27. The van der Waals surface area contributed by atoms with Crippen molar-refractivity contribution in [1.29, 1.82) is 0 Å². The van der Waals surface area contributed by atoms with Gasteiger partial charge in [-0.15, -0.1) is 0 Å². The first-order valence-corrected chi connectivity index (χ1v) is 4.91. The van der Waals surface area contributed by atoms with Crippen LogP contribution in [0.5, 0.6) is 0 Å². The van der Waals surface area contributed by atoms with Crippen LogP contribution in [-0.2, 0) is 9.53 Å². The van der Waals surface area contributed by atoms with Gasteiger partial charge in [0, 0.05) is 26.2 Å². The third-order valence-corrected chi connectivity index (χ3v) is 2.75. The zero-order valence-corrected chi connectivity index (χ0v) is 8.74. The first-order valence-electron chi connectivity index (χ1n) is 4.40. The van der Waals surface area contributed by atoms with E-state index in [4.69, 9.17) is 0 Å². The Morgan fingerprint density at radius 3 is 2.62 bits per heavy atom. The fraction of sp³-hybridized carbons (Fsp3) is 0.875. The SMILES string of the molecule is CN1CCN(C(S)COC=O)CC1. The number of carbonyl (C=O) groups is 1. The number of thiol groups is 1. The van der Waals surface area contributed by atoms with Crippen LogP contribution in [0.2, 0.25) is 0 Å². The number of hydrogen-bond donors (Lipinski definition) is 1. The van der Waals surface area contributed by atoms with E-state index in [-0.39, 0.29) is 5.37 Å². The van der Waals surface area contributed by atoms with Crippen molar-refractivity contribution < 1.29 is 9.53 Å². The fourth-order valence-corrected chi connectivity index (χ4v) is 1.67. The molecule has 1 fully saturated rings. The second-order valence-electron chi connectivity index (χ2n) is 3.25. The van der Waals surface area contributed by atoms with Gasteiger partial charge >= 0.3 is 0 Å². The van der Waals surface area contributed by atoms with Gasteiger partial charge in [0.15, 0.2) is 0 Å². The van der Waals surface area contributed by atoms with Crippen molar-refractivity contribution in [3.63, 3.8) is 0 Å². The average Bonchev–Trinajstić information content (AvgIpc) is 2.15. The Labute approximate surface area is 84.2 Å². The van der Waals surface area contributed by atoms with Gasteiger partial charge in [-0.1, -0.05) is 0 Å². The highest BCUT2D eigenvalue weighted by Crippen LogP contribution is 2.08. The van der Waals surface area contributed by atoms with E-state index in [1.165, 1.54) is 0 Å². The highest BCUT2D eigenvalue weighted by atomic mass is 32.1. The molecule has 0 amide bonds. The van der Waals surface area contributed by atoms with Crippen molar-refractivity contribution in [1.82, 2.24) is 9.80 Å². The summed E-state index contributed by atoms with van der Waals surface area (Å²) in [5.74, 6) is 0. The second kappa shape index (κ2) is 5.47. The minimum absolute atomic E-state index is 0.0406. The average molecular weight is 204 g/mol. The second-order valence-corrected chi connectivity index (χ2v) is 3.85. The van der Waals surface area contributed by atoms with Crippen LogP contribution in [0, 0.1) is 0 Å². The normalized spacial score (nSPS) is 22.6. The minimum Gasteiger partial charge on any atom is -0.465 e. The van der Waals surface area contributed by atoms with E-state index in [0.29, 0.717) is 13.1 Å². The van der Waals surface area contributed by atoms with Crippen molar-refractivity contribution in [2.75, 3.05) is 39.8 Å². The Balaban J connectivity index is 2.22. The molecule has 1 heterocycles. The van der Waals surface area contributed by atoms with Gasteiger partial charge in [-0.3, -0.25) is 9.69 Å². The summed E-state index contributed by atoms with van der Waals surface area (Å²) in [5.41, 5.74) is 0. The molecule has 0 aromatic heterocycles. The van der Waals surface area contributed by atoms with Crippen molar-refractivity contribution in [2.45, 2.75) is 5.37 Å². The van der Waals surface area contributed by atoms with Gasteiger partial charge in [0.2, 0.25) is 0 Å². The van der Waals surface area contributed by atoms with E-state index in [2.05, 4.69) is 34.2 Å². The van der Waals surface area contributed by atoms with Gasteiger partial charge in [0.1, 0.15) is 6.61 Å². The Kier molecular flexibility index (Phi) is 4.55. The van der Waals surface area contributed by atoms with Crippen LogP contribution in [0.3, 0.4) is 0 Å². The standard InChI is InChI=1S/C8H16N2O2S/c1-9-2-4-10(5-3-9)8(13)6-12-7-11/h7-8,13H,2-6H2,1H3. The van der Waals surface area contributed by atoms with Gasteiger partial charge in [-0.05, 0) is 7.05 Å². The van der Waals surface area contributed by atoms with Crippen LogP contribution < -0.4 is 0 Å². The van der Waals surface area contributed by atoms with Crippen LogP contribution in [0.25, 0.3) is 0 Å². The van der Waals surface area contributed by atoms with E-state index < -0.39 is 0 Å². The lowest BCUT2D eigenvalue weighted by Crippen LogP contribution is -2.48. The molecule has 1 aliphatic heterocycles. The van der Waals surface area contributed by atoms with Crippen LogP contribution in [-0.4, -0.2) is 61.5 Å². The van der Waals surface area contributed by atoms with E-state index >= 15 is 0 Å². The lowest BCUT2D eigenvalue weighted by atomic mass is 10.3. The Hall–Kier alpha value is -0.260. The smallest absolute Gasteiger partial charge is 0.293 e. The summed E-state index contributed by atoms with van der Waals surface area (Å²) < 4.78 is 4.66. The highest BCUT2D eigenvalue weighted by Gasteiger charge is 2.19. The van der Waals surface area contributed by atoms with Crippen LogP contribution in [0.4, 0.5) is 0 Å². The van der Waals surface area contributed by atoms with Gasteiger partial charge in [-0.25, -0.2) is 0 Å². The fourth-order valence-electron chi connectivity index (χ4n) is 1.35. The van der Waals surface area contributed by atoms with Crippen molar-refractivity contribution in [3.05, 3.63) is 0 Å². The molecule has 13 heavy (non-hydrogen) atoms. The van der Waals surface area contributed by atoms with Gasteiger partial charge in [0.05, 0.1) is 5.37 Å². The van der Waals surface area contributed by atoms with Gasteiger partial charge in [-0.2, -0.15) is 12.6 Å². The molecule has 1 aliphatic rings. The molecule has 1 atom stereocenters. The number of rotatable bonds is 4. The summed E-state index contributed by atoms with van der Waals surface area (Å²) >= 11 is 4.36. The van der Waals surface area contributed by atoms with E-state index in [1.54, 1.807) is 0 Å². The molecule has 5 heteroatoms. The molecule has 0 aliphatic carbocycles. The molecule has 1 unspecified atom stereocenters. The first kappa shape index (κ1) is 10.8. The van der Waals surface area contributed by atoms with Gasteiger partial charge < -0.3 is 9.64 Å². The maximum Gasteiger partial charge on any atom is 0.293 e. The molecule has 0 bridgehead atoms. The molecule has 76 valence electrons. The molecular weight excluding hydrogens is 188 g/mol. The van der Waals surface area contributed by atoms with Crippen molar-refractivity contribution in [2.24, 2.45) is 0 Å². The molecule has 1 rings (SSSR count). The molecule has 0 radical (unpaired) electrons. The number of likely N-dealkylation sites (N-methyl/N-ethyl adjacent to an activating group) is 1. The van der Waals surface area contributed by atoms with Crippen molar-refractivity contribution >= 4 is 19.1 Å². The zero-order valence-electron chi connectivity index (χ0n) is 7.85. The summed E-state index contributed by atoms with van der Waals surface area (Å²) in [6.45, 7) is 4.94. The predicted octanol–water partition coefficient (Wildman–Crippen LogP) is -0.337. The monoisotopic (exact) mass is 204 g/mol. The Morgan fingerprint density at radius 1 is 1.46 bits per heavy atom. The van der Waals surface area contributed by atoms with Crippen LogP contribution in [0.15, 0.2) is 0 Å². The summed E-state index contributed by atoms with van der Waals surface area (Å²) in [4.78, 5) is 14.5. The maximum absolute atomic E-state index is 9.96. The lowest BCUT2D eigenvalue weighted by molar-refractivity contribution is -0.129. The van der Waals surface area contributed by atoms with Crippen LogP contribution in [0.1, 0.15) is 0 Å². The summed E-state index contributed by atoms with van der Waals surface area (Å²) in [6.07, 6.45) is 0. The molecule has 0 saturated carbocycles. The first-order chi connectivity index (χ1) is 6.24. The molecule has 1 saturated heterocycles. The van der Waals surface area contributed by atoms with Crippen molar-refractivity contribution in [3.8, 4) is 0 Å². The molecule has 0 aromatic rings. The molecular formula is C8H16N2O2S. The van der Waals surface area contributed by atoms with E-state index in [9.17, 15) is 4.79 Å². The highest BCUT2D eigenvalue weighted by molar-refractivity contribution is 7.80. The minimum atomic E-state index is 0.0406. The number of hydrogen-bond acceptors (Lipinski definition) is 5. The largest absolute Gasteiger partial charge is 0.465 e. The zero-order chi connectivity index (χ0) is 9.68. The summed E-state index contributed by atoms with van der Waals surface area (Å²) in [6, 6.07) is 0. The topological polar surface area (TPSA) is 32.8 Å². The summed E-state index contributed by atoms with van der Waals surface area (Å²) in [7, 11) is 2.10. The van der Waals surface area contributed by atoms with Gasteiger partial charge in [0.25, 0.3) is 6.47 Å². The molecule has 0 aromatic carbocycles. The number of nitrogens with zero attached hydrogens (tertiary/aromatic N) is 2. The number of piperazine rings is 1. The Morgan fingerprint density at radius 2 is 2.08 bits per heavy atom. The maximum atomic E-state index is 9.96. The quantitative estimate of drug-likeness (QED) is 0.502. The molecule has 0 N–H and O–H groups in total. The predicted molar refractivity (Wildman–Crippen MR) is 53.9 cm³/mol. The number of carbonyl (C=O) groups excluding carboxylic acids is 1. The lowest BCUT2D eigenvalue weighted by Gasteiger charge is -2.35.